The molecule has 0 atom stereocenters. The van der Waals surface area contributed by atoms with Crippen molar-refractivity contribution in [3.05, 3.63) is 65.0 Å². The molecule has 2 N–H and O–H groups in total. The molecule has 0 bridgehead atoms. The highest BCUT2D eigenvalue weighted by atomic mass is 19.4. The molecule has 0 unspecified atom stereocenters. The third-order valence-electron chi connectivity index (χ3n) is 5.57. The molecule has 10 nitrogen and oxygen atoms in total. The van der Waals surface area contributed by atoms with Crippen LogP contribution in [-0.4, -0.2) is 45.0 Å². The van der Waals surface area contributed by atoms with Gasteiger partial charge < -0.3 is 23.7 Å². The molecular formula is C26H23F3N4O6. The molecule has 0 amide bonds. The first-order chi connectivity index (χ1) is 18.7. The van der Waals surface area contributed by atoms with Gasteiger partial charge in [-0.3, -0.25) is 15.0 Å². The van der Waals surface area contributed by atoms with Crippen LogP contribution < -0.4 is 29.2 Å². The highest BCUT2D eigenvalue weighted by Gasteiger charge is 2.32. The summed E-state index contributed by atoms with van der Waals surface area (Å²) in [5.41, 5.74) is 0.836. The second-order valence-electron chi connectivity index (χ2n) is 7.87. The Labute approximate surface area is 219 Å². The molecule has 0 spiro atoms. The zero-order valence-electron chi connectivity index (χ0n) is 21.2. The average Bonchev–Trinajstić information content (AvgIpc) is 3.30. The van der Waals surface area contributed by atoms with E-state index in [0.29, 0.717) is 39.8 Å². The Hall–Kier alpha value is -4.94. The van der Waals surface area contributed by atoms with E-state index in [1.54, 1.807) is 30.3 Å². The fourth-order valence-corrected chi connectivity index (χ4v) is 3.78. The molecule has 0 aliphatic rings. The van der Waals surface area contributed by atoms with Crippen molar-refractivity contribution in [2.45, 2.75) is 6.36 Å². The van der Waals surface area contributed by atoms with Crippen LogP contribution in [-0.2, 0) is 0 Å². The number of halogens is 3. The summed E-state index contributed by atoms with van der Waals surface area (Å²) in [6.45, 7) is 0. The zero-order chi connectivity index (χ0) is 28.2. The molecular weight excluding hydrogens is 521 g/mol. The maximum absolute atomic E-state index is 13.1. The van der Waals surface area contributed by atoms with Gasteiger partial charge >= 0.3 is 6.36 Å². The third-order valence-corrected chi connectivity index (χ3v) is 5.57. The van der Waals surface area contributed by atoms with Crippen molar-refractivity contribution in [2.24, 2.45) is 10.2 Å². The van der Waals surface area contributed by atoms with E-state index < -0.39 is 17.7 Å². The summed E-state index contributed by atoms with van der Waals surface area (Å²) < 4.78 is 64.6. The van der Waals surface area contributed by atoms with Gasteiger partial charge in [-0.1, -0.05) is 6.07 Å². The summed E-state index contributed by atoms with van der Waals surface area (Å²) in [5.74, 6) is 1.16. The Morgan fingerprint density at radius 2 is 1.23 bits per heavy atom. The fraction of sp³-hybridized carbons (Fsp3) is 0.192. The van der Waals surface area contributed by atoms with E-state index in [1.165, 1.54) is 46.6 Å². The number of benzene rings is 3. The first kappa shape index (κ1) is 27.1. The molecule has 0 fully saturated rings. The molecule has 4 aromatic rings. The van der Waals surface area contributed by atoms with Gasteiger partial charge in [-0.25, -0.2) is 0 Å². The Kier molecular flexibility index (Phi) is 7.79. The minimum Gasteiger partial charge on any atom is -0.493 e. The number of nitrogens with one attached hydrogen (secondary N) is 2. The van der Waals surface area contributed by atoms with Gasteiger partial charge in [0.1, 0.15) is 5.75 Å². The lowest BCUT2D eigenvalue weighted by Crippen LogP contribution is -2.17. The molecule has 0 aliphatic carbocycles. The molecule has 0 saturated heterocycles. The van der Waals surface area contributed by atoms with E-state index in [1.807, 2.05) is 0 Å². The number of H-pyrrole nitrogens is 2. The number of ether oxygens (including phenoxy) is 5. The SMILES string of the molecule is COc1ccc(-c2cc(N=Nc3c(-c4ccc(OC)c(OC)c4)[nH][nH]c3=O)ccc2OC(F)(F)F)cc1OC. The molecule has 39 heavy (non-hydrogen) atoms. The fourth-order valence-electron chi connectivity index (χ4n) is 3.78. The number of rotatable bonds is 9. The second-order valence-corrected chi connectivity index (χ2v) is 7.87. The summed E-state index contributed by atoms with van der Waals surface area (Å²) in [7, 11) is 5.82. The topological polar surface area (TPSA) is 120 Å². The predicted molar refractivity (Wildman–Crippen MR) is 136 cm³/mol. The van der Waals surface area contributed by atoms with Gasteiger partial charge in [0.15, 0.2) is 28.7 Å². The number of hydrogen-bond acceptors (Lipinski definition) is 8. The summed E-state index contributed by atoms with van der Waals surface area (Å²) in [6.07, 6.45) is -4.93. The lowest BCUT2D eigenvalue weighted by Gasteiger charge is -2.15. The van der Waals surface area contributed by atoms with Crippen molar-refractivity contribution >= 4 is 11.4 Å². The summed E-state index contributed by atoms with van der Waals surface area (Å²) in [6, 6.07) is 13.4. The van der Waals surface area contributed by atoms with Crippen LogP contribution in [0.15, 0.2) is 69.6 Å². The first-order valence-electron chi connectivity index (χ1n) is 11.2. The lowest BCUT2D eigenvalue weighted by atomic mass is 10.0. The number of nitrogens with zero attached hydrogens (tertiary/aromatic N) is 2. The van der Waals surface area contributed by atoms with E-state index in [-0.39, 0.29) is 16.9 Å². The highest BCUT2D eigenvalue weighted by molar-refractivity contribution is 5.76. The van der Waals surface area contributed by atoms with Crippen molar-refractivity contribution < 1.29 is 36.9 Å². The zero-order valence-corrected chi connectivity index (χ0v) is 21.2. The Balaban J connectivity index is 1.76. The van der Waals surface area contributed by atoms with Gasteiger partial charge in [-0.2, -0.15) is 5.11 Å². The molecule has 3 aromatic carbocycles. The third kappa shape index (κ3) is 5.98. The monoisotopic (exact) mass is 544 g/mol. The maximum atomic E-state index is 13.1. The molecule has 1 heterocycles. The largest absolute Gasteiger partial charge is 0.573 e. The molecule has 4 rings (SSSR count). The van der Waals surface area contributed by atoms with E-state index in [4.69, 9.17) is 18.9 Å². The van der Waals surface area contributed by atoms with Crippen LogP contribution in [0.5, 0.6) is 28.7 Å². The van der Waals surface area contributed by atoms with E-state index in [0.717, 1.165) is 6.07 Å². The second kappa shape index (κ2) is 11.2. The Morgan fingerprint density at radius 3 is 1.82 bits per heavy atom. The van der Waals surface area contributed by atoms with Gasteiger partial charge in [-0.15, -0.1) is 18.3 Å². The molecule has 0 aliphatic heterocycles. The van der Waals surface area contributed by atoms with Crippen LogP contribution in [0.4, 0.5) is 24.5 Å². The molecule has 0 radical (unpaired) electrons. The minimum absolute atomic E-state index is 0.0505. The van der Waals surface area contributed by atoms with Gasteiger partial charge in [0.2, 0.25) is 0 Å². The van der Waals surface area contributed by atoms with E-state index in [2.05, 4.69) is 25.2 Å². The van der Waals surface area contributed by atoms with E-state index >= 15 is 0 Å². The van der Waals surface area contributed by atoms with Gasteiger partial charge in [0, 0.05) is 11.1 Å². The van der Waals surface area contributed by atoms with E-state index in [9.17, 15) is 18.0 Å². The number of hydrogen-bond donors (Lipinski definition) is 2. The Morgan fingerprint density at radius 1 is 0.667 bits per heavy atom. The quantitative estimate of drug-likeness (QED) is 0.236. The summed E-state index contributed by atoms with van der Waals surface area (Å²) in [4.78, 5) is 12.5. The number of azo groups is 1. The van der Waals surface area contributed by atoms with Crippen LogP contribution >= 0.6 is 0 Å². The van der Waals surface area contributed by atoms with Crippen LogP contribution in [0.2, 0.25) is 0 Å². The van der Waals surface area contributed by atoms with Crippen LogP contribution in [0.1, 0.15) is 0 Å². The average molecular weight is 544 g/mol. The van der Waals surface area contributed by atoms with Crippen LogP contribution in [0, 0.1) is 0 Å². The predicted octanol–water partition coefficient (Wildman–Crippen LogP) is 6.39. The normalized spacial score (nSPS) is 11.5. The van der Waals surface area contributed by atoms with Crippen molar-refractivity contribution in [1.29, 1.82) is 0 Å². The van der Waals surface area contributed by atoms with Crippen LogP contribution in [0.3, 0.4) is 0 Å². The van der Waals surface area contributed by atoms with Gasteiger partial charge in [-0.05, 0) is 54.1 Å². The Bertz CT molecular complexity index is 1560. The molecule has 13 heteroatoms. The van der Waals surface area contributed by atoms with Crippen molar-refractivity contribution in [3.8, 4) is 51.1 Å². The standard InChI is InChI=1S/C26H23F3N4O6/c1-35-19-8-5-14(11-21(19)37-3)17-13-16(7-10-18(17)39-26(27,28)29)30-32-24-23(31-33-25(24)34)15-6-9-20(36-2)22(12-15)38-4/h5-13H,1-4H3,(H2,31,33,34). The smallest absolute Gasteiger partial charge is 0.493 e. The molecule has 0 saturated carbocycles. The molecule has 204 valence electrons. The van der Waals surface area contributed by atoms with Crippen molar-refractivity contribution in [1.82, 2.24) is 10.2 Å². The summed E-state index contributed by atoms with van der Waals surface area (Å²) >= 11 is 0. The molecule has 1 aromatic heterocycles. The van der Waals surface area contributed by atoms with Crippen molar-refractivity contribution in [3.63, 3.8) is 0 Å². The lowest BCUT2D eigenvalue weighted by molar-refractivity contribution is -0.274. The number of aromatic amines is 2. The van der Waals surface area contributed by atoms with Crippen molar-refractivity contribution in [2.75, 3.05) is 28.4 Å². The maximum Gasteiger partial charge on any atom is 0.573 e. The number of alkyl halides is 3. The number of methoxy groups -OCH3 is 4. The number of aromatic nitrogens is 2. The first-order valence-corrected chi connectivity index (χ1v) is 11.2. The van der Waals surface area contributed by atoms with Crippen LogP contribution in [0.25, 0.3) is 22.4 Å². The summed E-state index contributed by atoms with van der Waals surface area (Å²) in [5, 5.41) is 13.4. The highest BCUT2D eigenvalue weighted by Crippen LogP contribution is 2.41. The van der Waals surface area contributed by atoms with Gasteiger partial charge in [0.05, 0.1) is 39.8 Å². The minimum atomic E-state index is -4.93. The van der Waals surface area contributed by atoms with Gasteiger partial charge in [0.25, 0.3) is 5.56 Å².